The van der Waals surface area contributed by atoms with Crippen LogP contribution in [0.4, 0.5) is 0 Å². The number of hydrogen-bond donors (Lipinski definition) is 1. The average molecular weight is 383 g/mol. The van der Waals surface area contributed by atoms with Crippen LogP contribution in [0.25, 0.3) is 0 Å². The van der Waals surface area contributed by atoms with E-state index in [-0.39, 0.29) is 27.3 Å². The summed E-state index contributed by atoms with van der Waals surface area (Å²) in [5.74, 6) is 0. The Balaban J connectivity index is 0. The minimum absolute atomic E-state index is 0. The van der Waals surface area contributed by atoms with Crippen LogP contribution in [0.2, 0.25) is 0 Å². The molecule has 0 aromatic carbocycles. The quantitative estimate of drug-likeness (QED) is 0.335. The van der Waals surface area contributed by atoms with Crippen LogP contribution >= 0.6 is 0 Å². The van der Waals surface area contributed by atoms with Gasteiger partial charge in [0.25, 0.3) is 0 Å². The summed E-state index contributed by atoms with van der Waals surface area (Å²) in [7, 11) is 0. The van der Waals surface area contributed by atoms with E-state index in [0.717, 1.165) is 0 Å². The summed E-state index contributed by atoms with van der Waals surface area (Å²) < 4.78 is 24.5. The zero-order chi connectivity index (χ0) is 3.58. The van der Waals surface area contributed by atoms with Gasteiger partial charge in [0, 0.05) is 27.3 Å². The summed E-state index contributed by atoms with van der Waals surface area (Å²) in [5.41, 5.74) is 0. The second-order valence-electron chi connectivity index (χ2n) is 0.201. The molecular weight excluding hydrogens is 382 g/mol. The van der Waals surface area contributed by atoms with Gasteiger partial charge in [-0.15, -0.1) is 0 Å². The maximum atomic E-state index is 8.68. The first-order valence-corrected chi connectivity index (χ1v) is 3.20. The Bertz CT molecular complexity index is 11.6. The van der Waals surface area contributed by atoms with Gasteiger partial charge in [-0.1, -0.05) is 0 Å². The number of halogens is 1. The molecule has 0 aliphatic heterocycles. The second kappa shape index (κ2) is 5.53. The zero-order valence-electron chi connectivity index (χ0n) is 2.14. The Labute approximate surface area is 58.2 Å². The van der Waals surface area contributed by atoms with Gasteiger partial charge in [0.05, 0.1) is 0 Å². The minimum atomic E-state index is -3.76. The van der Waals surface area contributed by atoms with Crippen molar-refractivity contribution in [1.82, 2.24) is 0 Å². The predicted molar refractivity (Wildman–Crippen MR) is 7.97 cm³/mol. The summed E-state index contributed by atoms with van der Waals surface area (Å²) in [4.78, 5) is 0. The van der Waals surface area contributed by atoms with Gasteiger partial charge in [-0.2, -0.15) is 0 Å². The van der Waals surface area contributed by atoms with Crippen molar-refractivity contribution in [3.63, 3.8) is 0 Å². The molecule has 0 unspecified atom stereocenters. The standard InChI is InChI=1S/HIO3.Pb/c2-1(3)4;/h2H;. The van der Waals surface area contributed by atoms with Crippen LogP contribution < -0.4 is 27.9 Å². The molecule has 0 saturated carbocycles. The Morgan fingerprint density at radius 1 is 1.40 bits per heavy atom. The predicted octanol–water partition coefficient (Wildman–Crippen LogP) is -6.31. The normalized spacial score (nSPS) is 7.20. The fraction of sp³-hybridized carbons (Fsp3) is 0. The summed E-state index contributed by atoms with van der Waals surface area (Å²) in [6.45, 7) is 0. The van der Waals surface area contributed by atoms with Gasteiger partial charge >= 0.3 is 21.1 Å². The summed E-state index contributed by atoms with van der Waals surface area (Å²) in [6, 6.07) is 0. The van der Waals surface area contributed by atoms with Crippen LogP contribution in [0.1, 0.15) is 0 Å². The molecule has 0 rings (SSSR count). The number of rotatable bonds is 0. The topological polar surface area (TPSA) is 66.3 Å². The van der Waals surface area contributed by atoms with Crippen LogP contribution in [-0.4, -0.2) is 30.7 Å². The van der Waals surface area contributed by atoms with Crippen LogP contribution in [0.5, 0.6) is 0 Å². The first-order chi connectivity index (χ1) is 1.73. The Morgan fingerprint density at radius 2 is 1.40 bits per heavy atom. The number of hydrogen-bond acceptors (Lipinski definition) is 3. The maximum Gasteiger partial charge on any atom is 0.503 e. The molecule has 0 aliphatic carbocycles. The van der Waals surface area contributed by atoms with E-state index in [1.165, 1.54) is 0 Å². The van der Waals surface area contributed by atoms with E-state index in [2.05, 4.69) is 0 Å². The molecule has 4 radical (unpaired) electrons. The third kappa shape index (κ3) is 29.4. The van der Waals surface area contributed by atoms with Crippen LogP contribution in [0.15, 0.2) is 0 Å². The smallest absolute Gasteiger partial charge is 0.396 e. The summed E-state index contributed by atoms with van der Waals surface area (Å²) >= 11 is -3.76. The molecule has 0 atom stereocenters. The molecule has 0 spiro atoms. The van der Waals surface area contributed by atoms with E-state index in [0.29, 0.717) is 0 Å². The molecule has 5 heteroatoms. The largest absolute Gasteiger partial charge is 0.503 e. The molecule has 1 N–H and O–H groups in total. The second-order valence-corrected chi connectivity index (χ2v) is 1.35. The molecule has 3 nitrogen and oxygen atoms in total. The Kier molecular flexibility index (Phi) is 10.8. The van der Waals surface area contributed by atoms with Crippen molar-refractivity contribution in [2.75, 3.05) is 0 Å². The first kappa shape index (κ1) is 9.73. The third-order valence-electron chi connectivity index (χ3n) is 0. The molecular formula is HIO3Pb. The monoisotopic (exact) mass is 384 g/mol. The molecule has 0 aliphatic rings. The maximum absolute atomic E-state index is 8.68. The van der Waals surface area contributed by atoms with Crippen molar-refractivity contribution in [3.05, 3.63) is 0 Å². The van der Waals surface area contributed by atoms with Crippen LogP contribution in [0, 0.1) is 0 Å². The van der Waals surface area contributed by atoms with E-state index in [1.807, 2.05) is 0 Å². The van der Waals surface area contributed by atoms with E-state index >= 15 is 0 Å². The zero-order valence-corrected chi connectivity index (χ0v) is 8.19. The van der Waals surface area contributed by atoms with Crippen LogP contribution in [0.3, 0.4) is 0 Å². The van der Waals surface area contributed by atoms with Gasteiger partial charge in [0.1, 0.15) is 0 Å². The summed E-state index contributed by atoms with van der Waals surface area (Å²) in [5, 5.41) is 0. The fourth-order valence-corrected chi connectivity index (χ4v) is 0. The van der Waals surface area contributed by atoms with E-state index in [4.69, 9.17) is 10.3 Å². The average Bonchev–Trinajstić information content (AvgIpc) is 0.811. The molecule has 0 saturated heterocycles. The first-order valence-electron chi connectivity index (χ1n) is 0.478. The van der Waals surface area contributed by atoms with Gasteiger partial charge in [-0.05, 0) is 3.44 Å². The molecule has 0 amide bonds. The van der Waals surface area contributed by atoms with Gasteiger partial charge < -0.3 is 6.87 Å². The summed E-state index contributed by atoms with van der Waals surface area (Å²) in [6.07, 6.45) is 0. The molecule has 0 fully saturated rings. The van der Waals surface area contributed by atoms with Crippen molar-refractivity contribution >= 4 is 27.3 Å². The van der Waals surface area contributed by atoms with Crippen molar-refractivity contribution in [2.24, 2.45) is 0 Å². The molecule has 0 aromatic heterocycles. The molecule has 5 heavy (non-hydrogen) atoms. The fourth-order valence-electron chi connectivity index (χ4n) is 0. The SMILES string of the molecule is [O-][I+2]([O-])O.[Pb]. The molecule has 30 valence electrons. The third-order valence-corrected chi connectivity index (χ3v) is 0. The van der Waals surface area contributed by atoms with Gasteiger partial charge in [0.2, 0.25) is 0 Å². The molecule has 0 aromatic rings. The van der Waals surface area contributed by atoms with E-state index in [9.17, 15) is 0 Å². The van der Waals surface area contributed by atoms with Crippen molar-refractivity contribution in [3.8, 4) is 0 Å². The van der Waals surface area contributed by atoms with E-state index < -0.39 is 21.1 Å². The Hall–Kier alpha value is 1.53. The molecule has 0 heterocycles. The van der Waals surface area contributed by atoms with Crippen molar-refractivity contribution in [2.45, 2.75) is 0 Å². The van der Waals surface area contributed by atoms with Crippen molar-refractivity contribution in [1.29, 1.82) is 0 Å². The Morgan fingerprint density at radius 3 is 1.40 bits per heavy atom. The van der Waals surface area contributed by atoms with E-state index in [1.54, 1.807) is 0 Å². The van der Waals surface area contributed by atoms with Gasteiger partial charge in [-0.3, -0.25) is 0 Å². The van der Waals surface area contributed by atoms with Gasteiger partial charge in [-0.25, -0.2) is 0 Å². The van der Waals surface area contributed by atoms with Crippen LogP contribution in [-0.2, 0) is 0 Å². The van der Waals surface area contributed by atoms with Crippen molar-refractivity contribution < 1.29 is 31.4 Å². The van der Waals surface area contributed by atoms with Gasteiger partial charge in [0.15, 0.2) is 0 Å². The minimum Gasteiger partial charge on any atom is -0.396 e. The molecule has 0 bridgehead atoms.